The molecule has 18 heavy (non-hydrogen) atoms. The van der Waals surface area contributed by atoms with Gasteiger partial charge in [0.25, 0.3) is 0 Å². The van der Waals surface area contributed by atoms with Gasteiger partial charge in [-0.3, -0.25) is 4.68 Å². The predicted octanol–water partition coefficient (Wildman–Crippen LogP) is 3.06. The molecular weight excluding hydrogens is 294 g/mol. The van der Waals surface area contributed by atoms with Crippen LogP contribution in [0.2, 0.25) is 0 Å². The Hall–Kier alpha value is -1.07. The lowest BCUT2D eigenvalue weighted by molar-refractivity contribution is 0.456. The molecule has 5 heteroatoms. The summed E-state index contributed by atoms with van der Waals surface area (Å²) in [4.78, 5) is 0. The summed E-state index contributed by atoms with van der Waals surface area (Å²) >= 11 is 3.63. The molecule has 1 unspecified atom stereocenters. The zero-order chi connectivity index (χ0) is 13.1. The first-order valence-electron chi connectivity index (χ1n) is 6.20. The molecule has 0 amide bonds. The number of hydrogen-bond acceptors (Lipinski definition) is 3. The Morgan fingerprint density at radius 3 is 2.83 bits per heavy atom. The van der Waals surface area contributed by atoms with Gasteiger partial charge in [-0.2, -0.15) is 5.10 Å². The normalized spacial score (nSPS) is 12.9. The fraction of sp³-hybridized carbons (Fsp3) is 0.462. The van der Waals surface area contributed by atoms with Crippen LogP contribution in [0.4, 0.5) is 0 Å². The summed E-state index contributed by atoms with van der Waals surface area (Å²) < 4.78 is 8.43. The second kappa shape index (κ2) is 5.71. The van der Waals surface area contributed by atoms with Gasteiger partial charge in [-0.05, 0) is 41.4 Å². The van der Waals surface area contributed by atoms with Gasteiger partial charge in [0.05, 0.1) is 28.2 Å². The van der Waals surface area contributed by atoms with Crippen LogP contribution >= 0.6 is 15.9 Å². The SMILES string of the molecule is CCc1nn(CC)c(CC(N)c2ccco2)c1Br. The number of nitrogens with zero attached hydrogens (tertiary/aromatic N) is 2. The molecule has 0 spiro atoms. The molecule has 1 atom stereocenters. The monoisotopic (exact) mass is 311 g/mol. The number of halogens is 1. The third kappa shape index (κ3) is 2.52. The van der Waals surface area contributed by atoms with Crippen molar-refractivity contribution in [1.82, 2.24) is 9.78 Å². The average molecular weight is 312 g/mol. The highest BCUT2D eigenvalue weighted by Crippen LogP contribution is 2.26. The maximum Gasteiger partial charge on any atom is 0.120 e. The van der Waals surface area contributed by atoms with Crippen LogP contribution in [0.5, 0.6) is 0 Å². The molecule has 0 fully saturated rings. The van der Waals surface area contributed by atoms with Crippen LogP contribution in [0.25, 0.3) is 0 Å². The molecule has 0 aliphatic carbocycles. The molecule has 2 rings (SSSR count). The summed E-state index contributed by atoms with van der Waals surface area (Å²) in [6.07, 6.45) is 3.28. The summed E-state index contributed by atoms with van der Waals surface area (Å²) in [5.41, 5.74) is 8.38. The van der Waals surface area contributed by atoms with Crippen LogP contribution in [0.3, 0.4) is 0 Å². The maximum atomic E-state index is 6.16. The van der Waals surface area contributed by atoms with Crippen LogP contribution in [0.1, 0.15) is 37.0 Å². The average Bonchev–Trinajstić information content (AvgIpc) is 2.99. The number of aryl methyl sites for hydroxylation is 2. The molecule has 0 aromatic carbocycles. The Kier molecular flexibility index (Phi) is 4.24. The van der Waals surface area contributed by atoms with E-state index in [2.05, 4.69) is 34.9 Å². The quantitative estimate of drug-likeness (QED) is 0.923. The van der Waals surface area contributed by atoms with Crippen LogP contribution in [-0.4, -0.2) is 9.78 Å². The molecule has 2 heterocycles. The van der Waals surface area contributed by atoms with Crippen molar-refractivity contribution in [2.24, 2.45) is 5.73 Å². The first-order valence-corrected chi connectivity index (χ1v) is 6.99. The van der Waals surface area contributed by atoms with E-state index in [1.165, 1.54) is 0 Å². The van der Waals surface area contributed by atoms with E-state index in [1.54, 1.807) is 6.26 Å². The van der Waals surface area contributed by atoms with Gasteiger partial charge < -0.3 is 10.2 Å². The molecule has 98 valence electrons. The van der Waals surface area contributed by atoms with E-state index in [1.807, 2.05) is 16.8 Å². The molecule has 2 aromatic heterocycles. The molecule has 0 radical (unpaired) electrons. The van der Waals surface area contributed by atoms with E-state index in [-0.39, 0.29) is 6.04 Å². The predicted molar refractivity (Wildman–Crippen MR) is 74.3 cm³/mol. The van der Waals surface area contributed by atoms with Crippen molar-refractivity contribution in [3.05, 3.63) is 40.0 Å². The Bertz CT molecular complexity index is 505. The molecule has 0 saturated carbocycles. The van der Waals surface area contributed by atoms with Crippen LogP contribution < -0.4 is 5.73 Å². The van der Waals surface area contributed by atoms with Gasteiger partial charge in [-0.1, -0.05) is 6.92 Å². The Labute approximate surface area is 115 Å². The van der Waals surface area contributed by atoms with E-state index < -0.39 is 0 Å². The second-order valence-corrected chi connectivity index (χ2v) is 5.00. The lowest BCUT2D eigenvalue weighted by atomic mass is 10.1. The Morgan fingerprint density at radius 2 is 2.28 bits per heavy atom. The van der Waals surface area contributed by atoms with Gasteiger partial charge in [-0.15, -0.1) is 0 Å². The maximum absolute atomic E-state index is 6.16. The zero-order valence-electron chi connectivity index (χ0n) is 10.7. The minimum Gasteiger partial charge on any atom is -0.468 e. The molecule has 2 aromatic rings. The fourth-order valence-electron chi connectivity index (χ4n) is 2.02. The summed E-state index contributed by atoms with van der Waals surface area (Å²) in [6.45, 7) is 5.03. The molecule has 0 aliphatic rings. The smallest absolute Gasteiger partial charge is 0.120 e. The highest BCUT2D eigenvalue weighted by Gasteiger charge is 2.18. The standard InChI is InChI=1S/C13H18BrN3O/c1-3-10-13(14)11(17(4-2)16-10)8-9(15)12-6-5-7-18-12/h5-7,9H,3-4,8,15H2,1-2H3. The van der Waals surface area contributed by atoms with Gasteiger partial charge in [0.1, 0.15) is 5.76 Å². The van der Waals surface area contributed by atoms with Crippen LogP contribution in [0, 0.1) is 0 Å². The van der Waals surface area contributed by atoms with Crippen molar-refractivity contribution >= 4 is 15.9 Å². The molecule has 0 bridgehead atoms. The van der Waals surface area contributed by atoms with Gasteiger partial charge in [0, 0.05) is 13.0 Å². The van der Waals surface area contributed by atoms with Crippen LogP contribution in [0.15, 0.2) is 27.3 Å². The van der Waals surface area contributed by atoms with Crippen molar-refractivity contribution < 1.29 is 4.42 Å². The minimum atomic E-state index is -0.136. The minimum absolute atomic E-state index is 0.136. The second-order valence-electron chi connectivity index (χ2n) is 4.20. The fourth-order valence-corrected chi connectivity index (χ4v) is 2.75. The van der Waals surface area contributed by atoms with Gasteiger partial charge in [0.2, 0.25) is 0 Å². The number of hydrogen-bond donors (Lipinski definition) is 1. The number of rotatable bonds is 5. The lowest BCUT2D eigenvalue weighted by Crippen LogP contribution is -2.15. The summed E-state index contributed by atoms with van der Waals surface area (Å²) in [7, 11) is 0. The van der Waals surface area contributed by atoms with E-state index in [0.717, 1.165) is 41.0 Å². The van der Waals surface area contributed by atoms with Gasteiger partial charge >= 0.3 is 0 Å². The third-order valence-electron chi connectivity index (χ3n) is 3.02. The van der Waals surface area contributed by atoms with E-state index in [4.69, 9.17) is 10.2 Å². The highest BCUT2D eigenvalue weighted by molar-refractivity contribution is 9.10. The molecule has 2 N–H and O–H groups in total. The highest BCUT2D eigenvalue weighted by atomic mass is 79.9. The number of furan rings is 1. The molecule has 0 aliphatic heterocycles. The molecule has 0 saturated heterocycles. The lowest BCUT2D eigenvalue weighted by Gasteiger charge is -2.10. The largest absolute Gasteiger partial charge is 0.468 e. The topological polar surface area (TPSA) is 57.0 Å². The van der Waals surface area contributed by atoms with Crippen LogP contribution in [-0.2, 0) is 19.4 Å². The molecule has 4 nitrogen and oxygen atoms in total. The number of nitrogens with two attached hydrogens (primary N) is 1. The summed E-state index contributed by atoms with van der Waals surface area (Å²) in [5.74, 6) is 0.809. The van der Waals surface area contributed by atoms with Gasteiger partial charge in [-0.25, -0.2) is 0 Å². The first-order chi connectivity index (χ1) is 8.67. The van der Waals surface area contributed by atoms with Crippen molar-refractivity contribution in [1.29, 1.82) is 0 Å². The Morgan fingerprint density at radius 1 is 1.50 bits per heavy atom. The van der Waals surface area contributed by atoms with E-state index in [0.29, 0.717) is 0 Å². The van der Waals surface area contributed by atoms with Crippen molar-refractivity contribution in [2.45, 2.75) is 39.3 Å². The molecular formula is C13H18BrN3O. The van der Waals surface area contributed by atoms with Crippen molar-refractivity contribution in [3.63, 3.8) is 0 Å². The van der Waals surface area contributed by atoms with E-state index >= 15 is 0 Å². The third-order valence-corrected chi connectivity index (χ3v) is 3.93. The van der Waals surface area contributed by atoms with Crippen molar-refractivity contribution in [2.75, 3.05) is 0 Å². The summed E-state index contributed by atoms with van der Waals surface area (Å²) in [5, 5.41) is 4.56. The van der Waals surface area contributed by atoms with E-state index in [9.17, 15) is 0 Å². The number of aromatic nitrogens is 2. The van der Waals surface area contributed by atoms with Crippen molar-refractivity contribution in [3.8, 4) is 0 Å². The van der Waals surface area contributed by atoms with Gasteiger partial charge in [0.15, 0.2) is 0 Å². The summed E-state index contributed by atoms with van der Waals surface area (Å²) in [6, 6.07) is 3.63. The Balaban J connectivity index is 2.25. The zero-order valence-corrected chi connectivity index (χ0v) is 12.3. The first kappa shape index (κ1) is 13.4.